The zero-order valence-electron chi connectivity index (χ0n) is 12.2. The summed E-state index contributed by atoms with van der Waals surface area (Å²) in [6.07, 6.45) is 4.43. The van der Waals surface area contributed by atoms with E-state index in [1.165, 1.54) is 32.5 Å². The summed E-state index contributed by atoms with van der Waals surface area (Å²) in [4.78, 5) is 10.4. The van der Waals surface area contributed by atoms with E-state index >= 15 is 0 Å². The van der Waals surface area contributed by atoms with Crippen LogP contribution in [-0.2, 0) is 6.54 Å². The zero-order chi connectivity index (χ0) is 14.1. The van der Waals surface area contributed by atoms with Crippen molar-refractivity contribution in [2.24, 2.45) is 5.92 Å². The van der Waals surface area contributed by atoms with E-state index in [-0.39, 0.29) is 0 Å². The molecular formula is C15H22N4S. The largest absolute Gasteiger partial charge is 0.329 e. The number of nitrogens with one attached hydrogen (secondary N) is 1. The van der Waals surface area contributed by atoms with E-state index in [0.29, 0.717) is 5.92 Å². The number of nitrogens with zero attached hydrogens (tertiary/aromatic N) is 3. The van der Waals surface area contributed by atoms with Gasteiger partial charge in [-0.1, -0.05) is 6.92 Å². The van der Waals surface area contributed by atoms with Crippen LogP contribution in [0, 0.1) is 17.6 Å². The van der Waals surface area contributed by atoms with Crippen molar-refractivity contribution < 1.29 is 0 Å². The molecule has 5 heteroatoms. The molecule has 0 aliphatic carbocycles. The lowest BCUT2D eigenvalue weighted by Gasteiger charge is -2.31. The summed E-state index contributed by atoms with van der Waals surface area (Å²) in [6.45, 7) is 8.88. The molecule has 3 rings (SSSR count). The van der Waals surface area contributed by atoms with Crippen molar-refractivity contribution in [1.29, 1.82) is 0 Å². The van der Waals surface area contributed by atoms with Gasteiger partial charge >= 0.3 is 0 Å². The fraction of sp³-hybridized carbons (Fsp3) is 0.600. The van der Waals surface area contributed by atoms with E-state index in [1.54, 1.807) is 0 Å². The highest BCUT2D eigenvalue weighted by atomic mass is 32.1. The molecule has 1 saturated heterocycles. The van der Waals surface area contributed by atoms with Crippen LogP contribution in [0.4, 0.5) is 0 Å². The van der Waals surface area contributed by atoms with Crippen molar-refractivity contribution in [3.63, 3.8) is 0 Å². The highest BCUT2D eigenvalue weighted by molar-refractivity contribution is 7.71. The monoisotopic (exact) mass is 290 g/mol. The third-order valence-corrected chi connectivity index (χ3v) is 4.66. The van der Waals surface area contributed by atoms with Crippen molar-refractivity contribution in [2.45, 2.75) is 33.2 Å². The Bertz CT molecular complexity index is 649. The van der Waals surface area contributed by atoms with Gasteiger partial charge in [-0.15, -0.1) is 0 Å². The van der Waals surface area contributed by atoms with Crippen molar-refractivity contribution in [2.75, 3.05) is 19.6 Å². The van der Waals surface area contributed by atoms with Crippen molar-refractivity contribution in [1.82, 2.24) is 19.4 Å². The van der Waals surface area contributed by atoms with Crippen LogP contribution in [0.5, 0.6) is 0 Å². The molecule has 0 saturated carbocycles. The molecule has 1 aliphatic heterocycles. The van der Waals surface area contributed by atoms with E-state index in [2.05, 4.69) is 39.3 Å². The van der Waals surface area contributed by atoms with Crippen LogP contribution < -0.4 is 0 Å². The molecule has 0 bridgehead atoms. The molecular weight excluding hydrogens is 268 g/mol. The quantitative estimate of drug-likeness (QED) is 0.882. The third kappa shape index (κ3) is 2.65. The first kappa shape index (κ1) is 13.8. The maximum absolute atomic E-state index is 5.47. The van der Waals surface area contributed by atoms with Gasteiger partial charge in [0.15, 0.2) is 10.4 Å². The van der Waals surface area contributed by atoms with Gasteiger partial charge in [-0.2, -0.15) is 0 Å². The SMILES string of the molecule is CCN1CCC(Cn2c(=S)[nH]c3cc(C)cnc32)CC1. The number of aryl methyl sites for hydroxylation is 1. The maximum atomic E-state index is 5.47. The van der Waals surface area contributed by atoms with Crippen molar-refractivity contribution >= 4 is 23.4 Å². The number of piperidine rings is 1. The molecule has 2 aromatic heterocycles. The Balaban J connectivity index is 1.81. The molecule has 0 atom stereocenters. The summed E-state index contributed by atoms with van der Waals surface area (Å²) in [6, 6.07) is 2.12. The van der Waals surface area contributed by atoms with Gasteiger partial charge < -0.3 is 14.5 Å². The summed E-state index contributed by atoms with van der Waals surface area (Å²) < 4.78 is 2.98. The van der Waals surface area contributed by atoms with Gasteiger partial charge in [-0.3, -0.25) is 0 Å². The molecule has 1 aliphatic rings. The number of aromatic nitrogens is 3. The second-order valence-corrected chi connectivity index (χ2v) is 6.19. The average Bonchev–Trinajstić information content (AvgIpc) is 2.75. The number of imidazole rings is 1. The average molecular weight is 290 g/mol. The molecule has 4 nitrogen and oxygen atoms in total. The molecule has 2 aromatic rings. The maximum Gasteiger partial charge on any atom is 0.179 e. The predicted molar refractivity (Wildman–Crippen MR) is 84.5 cm³/mol. The summed E-state index contributed by atoms with van der Waals surface area (Å²) in [7, 11) is 0. The lowest BCUT2D eigenvalue weighted by molar-refractivity contribution is 0.181. The minimum Gasteiger partial charge on any atom is -0.329 e. The minimum absolute atomic E-state index is 0.714. The molecule has 3 heterocycles. The van der Waals surface area contributed by atoms with E-state index < -0.39 is 0 Å². The summed E-state index contributed by atoms with van der Waals surface area (Å²) in [5.74, 6) is 0.714. The van der Waals surface area contributed by atoms with E-state index in [4.69, 9.17) is 12.2 Å². The van der Waals surface area contributed by atoms with Gasteiger partial charge in [0.25, 0.3) is 0 Å². The van der Waals surface area contributed by atoms with Crippen LogP contribution in [0.1, 0.15) is 25.3 Å². The fourth-order valence-electron chi connectivity index (χ4n) is 3.06. The number of aromatic amines is 1. The predicted octanol–water partition coefficient (Wildman–Crippen LogP) is 3.13. The van der Waals surface area contributed by atoms with Crippen molar-refractivity contribution in [3.05, 3.63) is 22.6 Å². The summed E-state index contributed by atoms with van der Waals surface area (Å²) >= 11 is 5.47. The first-order valence-electron chi connectivity index (χ1n) is 7.45. The Morgan fingerprint density at radius 2 is 2.15 bits per heavy atom. The Morgan fingerprint density at radius 3 is 2.85 bits per heavy atom. The number of rotatable bonds is 3. The third-order valence-electron chi connectivity index (χ3n) is 4.34. The van der Waals surface area contributed by atoms with Gasteiger partial charge in [-0.25, -0.2) is 4.98 Å². The van der Waals surface area contributed by atoms with E-state index in [1.807, 2.05) is 6.20 Å². The Labute approximate surface area is 124 Å². The zero-order valence-corrected chi connectivity index (χ0v) is 13.0. The molecule has 0 amide bonds. The molecule has 108 valence electrons. The highest BCUT2D eigenvalue weighted by Crippen LogP contribution is 2.21. The summed E-state index contributed by atoms with van der Waals surface area (Å²) in [5, 5.41) is 0. The number of fused-ring (bicyclic) bond motifs is 1. The molecule has 1 fully saturated rings. The first-order chi connectivity index (χ1) is 9.67. The van der Waals surface area contributed by atoms with Crippen LogP contribution in [0.25, 0.3) is 11.2 Å². The first-order valence-corrected chi connectivity index (χ1v) is 7.85. The smallest absolute Gasteiger partial charge is 0.179 e. The molecule has 20 heavy (non-hydrogen) atoms. The Kier molecular flexibility index (Phi) is 3.89. The minimum atomic E-state index is 0.714. The Morgan fingerprint density at radius 1 is 1.40 bits per heavy atom. The second kappa shape index (κ2) is 5.66. The second-order valence-electron chi connectivity index (χ2n) is 5.80. The molecule has 0 spiro atoms. The fourth-order valence-corrected chi connectivity index (χ4v) is 3.33. The Hall–Kier alpha value is -1.20. The number of hydrogen-bond acceptors (Lipinski definition) is 3. The lowest BCUT2D eigenvalue weighted by atomic mass is 9.97. The van der Waals surface area contributed by atoms with Gasteiger partial charge in [0.1, 0.15) is 0 Å². The molecule has 0 unspecified atom stereocenters. The molecule has 0 radical (unpaired) electrons. The van der Waals surface area contributed by atoms with E-state index in [9.17, 15) is 0 Å². The van der Waals surface area contributed by atoms with Gasteiger partial charge in [0.05, 0.1) is 5.52 Å². The number of H-pyrrole nitrogens is 1. The van der Waals surface area contributed by atoms with Gasteiger partial charge in [-0.05, 0) is 69.2 Å². The van der Waals surface area contributed by atoms with Crippen LogP contribution in [0.2, 0.25) is 0 Å². The van der Waals surface area contributed by atoms with Crippen LogP contribution in [-0.4, -0.2) is 39.1 Å². The van der Waals surface area contributed by atoms with Gasteiger partial charge in [0.2, 0.25) is 0 Å². The summed E-state index contributed by atoms with van der Waals surface area (Å²) in [5.41, 5.74) is 3.22. The topological polar surface area (TPSA) is 36.9 Å². The van der Waals surface area contributed by atoms with Crippen LogP contribution in [0.15, 0.2) is 12.3 Å². The number of likely N-dealkylation sites (tertiary alicyclic amines) is 1. The number of pyridine rings is 1. The standard InChI is InChI=1S/C15H22N4S/c1-3-18-6-4-12(5-7-18)10-19-14-13(17-15(19)20)8-11(2)9-16-14/h8-9,12H,3-7,10H2,1-2H3,(H,17,20). The molecule has 1 N–H and O–H groups in total. The van der Waals surface area contributed by atoms with Gasteiger partial charge in [0, 0.05) is 12.7 Å². The van der Waals surface area contributed by atoms with Crippen LogP contribution >= 0.6 is 12.2 Å². The lowest BCUT2D eigenvalue weighted by Crippen LogP contribution is -2.34. The van der Waals surface area contributed by atoms with Crippen LogP contribution in [0.3, 0.4) is 0 Å². The van der Waals surface area contributed by atoms with Crippen molar-refractivity contribution in [3.8, 4) is 0 Å². The highest BCUT2D eigenvalue weighted by Gasteiger charge is 2.19. The number of hydrogen-bond donors (Lipinski definition) is 1. The normalized spacial score (nSPS) is 17.9. The molecule has 0 aromatic carbocycles. The van der Waals surface area contributed by atoms with E-state index in [0.717, 1.165) is 28.0 Å².